The van der Waals surface area contributed by atoms with Crippen molar-refractivity contribution >= 4 is 0 Å². The Balaban J connectivity index is 1.96. The van der Waals surface area contributed by atoms with E-state index in [1.54, 1.807) is 30.5 Å². The van der Waals surface area contributed by atoms with Crippen molar-refractivity contribution < 1.29 is 9.13 Å². The van der Waals surface area contributed by atoms with Gasteiger partial charge in [-0.3, -0.25) is 0 Å². The van der Waals surface area contributed by atoms with Gasteiger partial charge in [0.2, 0.25) is 5.88 Å². The third kappa shape index (κ3) is 2.77. The molecule has 75 valence electrons. The fourth-order valence-corrected chi connectivity index (χ4v) is 1.13. The molecule has 2 aromatic rings. The van der Waals surface area contributed by atoms with Crippen LogP contribution >= 0.6 is 0 Å². The first-order valence-corrected chi connectivity index (χ1v) is 4.54. The molecule has 1 aromatic heterocycles. The van der Waals surface area contributed by atoms with Gasteiger partial charge in [-0.1, -0.05) is 12.1 Å². The van der Waals surface area contributed by atoms with Gasteiger partial charge in [-0.25, -0.2) is 9.37 Å². The summed E-state index contributed by atoms with van der Waals surface area (Å²) in [6.07, 6.45) is 1.54. The fourth-order valence-electron chi connectivity index (χ4n) is 1.13. The van der Waals surface area contributed by atoms with E-state index in [-0.39, 0.29) is 5.82 Å². The zero-order valence-corrected chi connectivity index (χ0v) is 7.98. The van der Waals surface area contributed by atoms with Crippen LogP contribution in [0.5, 0.6) is 5.88 Å². The molecule has 2 rings (SSSR count). The zero-order valence-electron chi connectivity index (χ0n) is 7.98. The van der Waals surface area contributed by atoms with Gasteiger partial charge >= 0.3 is 0 Å². The van der Waals surface area contributed by atoms with Crippen molar-refractivity contribution in [2.45, 2.75) is 6.61 Å². The fraction of sp³-hybridized carbons (Fsp3) is 0.0833. The Kier molecular flexibility index (Phi) is 2.93. The molecule has 0 unspecified atom stereocenters. The van der Waals surface area contributed by atoms with E-state index in [2.05, 4.69) is 11.1 Å². The number of rotatable bonds is 3. The smallest absolute Gasteiger partial charge is 0.213 e. The molecule has 2 nitrogen and oxygen atoms in total. The highest BCUT2D eigenvalue weighted by Crippen LogP contribution is 2.08. The molecule has 0 spiro atoms. The number of pyridine rings is 1. The van der Waals surface area contributed by atoms with Crippen molar-refractivity contribution in [1.82, 2.24) is 4.98 Å². The molecule has 1 heterocycles. The van der Waals surface area contributed by atoms with Crippen molar-refractivity contribution in [1.29, 1.82) is 0 Å². The Morgan fingerprint density at radius 3 is 2.67 bits per heavy atom. The summed E-state index contributed by atoms with van der Waals surface area (Å²) in [6.45, 7) is 0.386. The molecule has 15 heavy (non-hydrogen) atoms. The molecule has 0 amide bonds. The average Bonchev–Trinajstić information content (AvgIpc) is 2.30. The lowest BCUT2D eigenvalue weighted by Gasteiger charge is -2.04. The maximum atomic E-state index is 12.6. The molecule has 1 radical (unpaired) electrons. The first-order chi connectivity index (χ1) is 7.34. The molecule has 0 aliphatic carbocycles. The summed E-state index contributed by atoms with van der Waals surface area (Å²) in [6, 6.07) is 12.4. The van der Waals surface area contributed by atoms with Crippen LogP contribution in [-0.4, -0.2) is 4.98 Å². The second-order valence-electron chi connectivity index (χ2n) is 3.01. The van der Waals surface area contributed by atoms with Gasteiger partial charge in [0.15, 0.2) is 0 Å². The van der Waals surface area contributed by atoms with E-state index in [4.69, 9.17) is 4.74 Å². The minimum absolute atomic E-state index is 0.244. The Morgan fingerprint density at radius 2 is 2.00 bits per heavy atom. The third-order valence-electron chi connectivity index (χ3n) is 1.89. The van der Waals surface area contributed by atoms with Crippen LogP contribution in [0.25, 0.3) is 0 Å². The first kappa shape index (κ1) is 9.65. The van der Waals surface area contributed by atoms with Crippen LogP contribution < -0.4 is 4.74 Å². The second-order valence-corrected chi connectivity index (χ2v) is 3.01. The van der Waals surface area contributed by atoms with Gasteiger partial charge in [0.25, 0.3) is 0 Å². The number of hydrogen-bond acceptors (Lipinski definition) is 2. The van der Waals surface area contributed by atoms with E-state index in [0.29, 0.717) is 12.5 Å². The van der Waals surface area contributed by atoms with Crippen LogP contribution in [-0.2, 0) is 6.61 Å². The number of halogens is 1. The highest BCUT2D eigenvalue weighted by molar-refractivity contribution is 5.16. The van der Waals surface area contributed by atoms with Crippen LogP contribution in [0.3, 0.4) is 0 Å². The lowest BCUT2D eigenvalue weighted by molar-refractivity contribution is 0.293. The topological polar surface area (TPSA) is 22.1 Å². The number of nitrogens with zero attached hydrogens (tertiary/aromatic N) is 1. The van der Waals surface area contributed by atoms with Gasteiger partial charge in [0.1, 0.15) is 12.4 Å². The minimum Gasteiger partial charge on any atom is -0.473 e. The van der Waals surface area contributed by atoms with E-state index in [1.165, 1.54) is 12.1 Å². The largest absolute Gasteiger partial charge is 0.473 e. The van der Waals surface area contributed by atoms with Crippen LogP contribution in [0.4, 0.5) is 4.39 Å². The summed E-state index contributed by atoms with van der Waals surface area (Å²) < 4.78 is 18.0. The van der Waals surface area contributed by atoms with Crippen molar-refractivity contribution in [3.63, 3.8) is 0 Å². The molecule has 0 N–H and O–H groups in total. The quantitative estimate of drug-likeness (QED) is 0.763. The van der Waals surface area contributed by atoms with Crippen molar-refractivity contribution in [2.24, 2.45) is 0 Å². The highest BCUT2D eigenvalue weighted by atomic mass is 19.1. The maximum absolute atomic E-state index is 12.6. The van der Waals surface area contributed by atoms with Gasteiger partial charge in [0.05, 0.1) is 0 Å². The monoisotopic (exact) mass is 202 g/mol. The SMILES string of the molecule is Fc1ccc(COc2cc[c]cn2)cc1. The van der Waals surface area contributed by atoms with Crippen molar-refractivity contribution in [2.75, 3.05) is 0 Å². The van der Waals surface area contributed by atoms with E-state index in [9.17, 15) is 4.39 Å². The maximum Gasteiger partial charge on any atom is 0.213 e. The van der Waals surface area contributed by atoms with Crippen LogP contribution in [0.1, 0.15) is 5.56 Å². The number of benzene rings is 1. The number of aromatic nitrogens is 1. The predicted octanol–water partition coefficient (Wildman–Crippen LogP) is 2.60. The standard InChI is InChI=1S/C12H9FNO/c13-11-6-4-10(5-7-11)9-15-12-3-1-2-8-14-12/h1,3-8H,9H2. The Hall–Kier alpha value is -1.90. The summed E-state index contributed by atoms with van der Waals surface area (Å²) >= 11 is 0. The molecule has 3 heteroatoms. The molecule has 0 bridgehead atoms. The van der Waals surface area contributed by atoms with E-state index in [1.807, 2.05) is 0 Å². The van der Waals surface area contributed by atoms with Gasteiger partial charge in [-0.15, -0.1) is 0 Å². The van der Waals surface area contributed by atoms with Crippen molar-refractivity contribution in [3.8, 4) is 5.88 Å². The molecule has 0 aliphatic heterocycles. The first-order valence-electron chi connectivity index (χ1n) is 4.54. The minimum atomic E-state index is -0.244. The van der Waals surface area contributed by atoms with Crippen LogP contribution in [0.2, 0.25) is 0 Å². The third-order valence-corrected chi connectivity index (χ3v) is 1.89. The Bertz CT molecular complexity index is 413. The summed E-state index contributed by atoms with van der Waals surface area (Å²) in [5.41, 5.74) is 0.908. The van der Waals surface area contributed by atoms with E-state index < -0.39 is 0 Å². The van der Waals surface area contributed by atoms with Gasteiger partial charge < -0.3 is 4.74 Å². The molecule has 1 aromatic carbocycles. The molecule has 0 aliphatic rings. The van der Waals surface area contributed by atoms with Gasteiger partial charge in [-0.2, -0.15) is 0 Å². The normalized spacial score (nSPS) is 9.93. The van der Waals surface area contributed by atoms with E-state index in [0.717, 1.165) is 5.56 Å². The Morgan fingerprint density at radius 1 is 1.20 bits per heavy atom. The van der Waals surface area contributed by atoms with Crippen LogP contribution in [0.15, 0.2) is 42.6 Å². The Labute approximate surface area is 87.4 Å². The molecular weight excluding hydrogens is 193 g/mol. The summed E-state index contributed by atoms with van der Waals surface area (Å²) in [7, 11) is 0. The molecule has 0 saturated heterocycles. The summed E-state index contributed by atoms with van der Waals surface area (Å²) in [4.78, 5) is 3.96. The van der Waals surface area contributed by atoms with Crippen LogP contribution in [0, 0.1) is 11.9 Å². The lowest BCUT2D eigenvalue weighted by atomic mass is 10.2. The summed E-state index contributed by atoms with van der Waals surface area (Å²) in [5, 5.41) is 0. The zero-order chi connectivity index (χ0) is 10.5. The number of hydrogen-bond donors (Lipinski definition) is 0. The highest BCUT2D eigenvalue weighted by Gasteiger charge is 1.96. The summed E-state index contributed by atoms with van der Waals surface area (Å²) in [5.74, 6) is 0.296. The van der Waals surface area contributed by atoms with Gasteiger partial charge in [0, 0.05) is 18.3 Å². The second kappa shape index (κ2) is 4.55. The predicted molar refractivity (Wildman–Crippen MR) is 53.8 cm³/mol. The lowest BCUT2D eigenvalue weighted by Crippen LogP contribution is -1.96. The van der Waals surface area contributed by atoms with Crippen molar-refractivity contribution in [3.05, 3.63) is 60.0 Å². The van der Waals surface area contributed by atoms with Gasteiger partial charge in [-0.05, 0) is 23.8 Å². The molecule has 0 fully saturated rings. The molecule has 0 atom stereocenters. The van der Waals surface area contributed by atoms with E-state index >= 15 is 0 Å². The molecular formula is C12H9FNO. The number of ether oxygens (including phenoxy) is 1. The molecule has 0 saturated carbocycles. The average molecular weight is 202 g/mol.